The highest BCUT2D eigenvalue weighted by Crippen LogP contribution is 2.25. The molecule has 1 fully saturated rings. The van der Waals surface area contributed by atoms with Gasteiger partial charge in [-0.25, -0.2) is 8.42 Å². The predicted octanol–water partition coefficient (Wildman–Crippen LogP) is 2.97. The molecule has 0 bridgehead atoms. The third-order valence-corrected chi connectivity index (χ3v) is 8.29. The Hall–Kier alpha value is -2.23. The molecule has 2 heterocycles. The zero-order valence-electron chi connectivity index (χ0n) is 18.0. The van der Waals surface area contributed by atoms with E-state index in [2.05, 4.69) is 0 Å². The Bertz CT molecular complexity index is 1030. The van der Waals surface area contributed by atoms with Crippen LogP contribution in [-0.2, 0) is 30.9 Å². The average Bonchev–Trinajstić information content (AvgIpc) is 3.26. The molecule has 168 valence electrons. The van der Waals surface area contributed by atoms with Gasteiger partial charge in [0.1, 0.15) is 0 Å². The molecule has 0 atom stereocenters. The van der Waals surface area contributed by atoms with Crippen molar-refractivity contribution in [1.82, 2.24) is 9.21 Å². The Morgan fingerprint density at radius 2 is 1.87 bits per heavy atom. The van der Waals surface area contributed by atoms with Gasteiger partial charge < -0.3 is 9.64 Å². The lowest BCUT2D eigenvalue weighted by Crippen LogP contribution is -2.41. The maximum atomic E-state index is 12.9. The van der Waals surface area contributed by atoms with Crippen LogP contribution >= 0.6 is 11.3 Å². The van der Waals surface area contributed by atoms with Gasteiger partial charge in [-0.1, -0.05) is 6.07 Å². The van der Waals surface area contributed by atoms with E-state index in [1.54, 1.807) is 36.6 Å². The molecule has 1 aromatic heterocycles. The van der Waals surface area contributed by atoms with Crippen molar-refractivity contribution >= 4 is 33.2 Å². The van der Waals surface area contributed by atoms with Crippen LogP contribution in [0.15, 0.2) is 39.9 Å². The zero-order valence-corrected chi connectivity index (χ0v) is 19.7. The number of aryl methyl sites for hydroxylation is 2. The molecular weight excluding hydrogens is 436 g/mol. The Labute approximate surface area is 187 Å². The maximum absolute atomic E-state index is 12.9. The molecule has 1 aliphatic heterocycles. The molecule has 1 saturated heterocycles. The number of thiophene rings is 1. The van der Waals surface area contributed by atoms with Crippen LogP contribution in [0.4, 0.5) is 0 Å². The lowest BCUT2D eigenvalue weighted by Gasteiger charge is -2.30. The van der Waals surface area contributed by atoms with Gasteiger partial charge in [0.05, 0.1) is 10.8 Å². The largest absolute Gasteiger partial charge is 0.455 e. The highest BCUT2D eigenvalue weighted by molar-refractivity contribution is 7.89. The van der Waals surface area contributed by atoms with Gasteiger partial charge in [0.2, 0.25) is 10.0 Å². The number of carbonyl (C=O) groups excluding carboxylic acids is 2. The molecule has 9 heteroatoms. The van der Waals surface area contributed by atoms with Gasteiger partial charge in [-0.3, -0.25) is 9.59 Å². The van der Waals surface area contributed by atoms with Gasteiger partial charge in [-0.05, 0) is 72.3 Å². The van der Waals surface area contributed by atoms with Crippen LogP contribution in [0, 0.1) is 19.8 Å². The van der Waals surface area contributed by atoms with E-state index >= 15 is 0 Å². The molecule has 0 N–H and O–H groups in total. The van der Waals surface area contributed by atoms with Crippen LogP contribution in [0.3, 0.4) is 0 Å². The number of hydrogen-bond donors (Lipinski definition) is 0. The first kappa shape index (κ1) is 23.4. The molecular formula is C22H28N2O5S2. The van der Waals surface area contributed by atoms with E-state index in [1.807, 2.05) is 30.7 Å². The lowest BCUT2D eigenvalue weighted by atomic mass is 9.98. The highest BCUT2D eigenvalue weighted by atomic mass is 32.2. The first-order valence-corrected chi connectivity index (χ1v) is 12.6. The first-order valence-electron chi connectivity index (χ1n) is 10.2. The van der Waals surface area contributed by atoms with Crippen LogP contribution in [0.2, 0.25) is 0 Å². The van der Waals surface area contributed by atoms with Gasteiger partial charge in [-0.15, -0.1) is 0 Å². The molecule has 3 rings (SSSR count). The van der Waals surface area contributed by atoms with E-state index in [-0.39, 0.29) is 30.5 Å². The molecule has 0 aliphatic carbocycles. The topological polar surface area (TPSA) is 84.0 Å². The normalized spacial score (nSPS) is 15.6. The quantitative estimate of drug-likeness (QED) is 0.588. The number of likely N-dealkylation sites (N-methyl/N-ethyl adjacent to an activating group) is 1. The van der Waals surface area contributed by atoms with Crippen LogP contribution in [0.1, 0.15) is 29.5 Å². The predicted molar refractivity (Wildman–Crippen MR) is 119 cm³/mol. The summed E-state index contributed by atoms with van der Waals surface area (Å²) in [6, 6.07) is 7.05. The number of piperidine rings is 1. The van der Waals surface area contributed by atoms with Gasteiger partial charge in [-0.2, -0.15) is 15.6 Å². The van der Waals surface area contributed by atoms with Gasteiger partial charge in [0.25, 0.3) is 5.91 Å². The molecule has 1 aliphatic rings. The molecule has 0 saturated carbocycles. The number of esters is 1. The summed E-state index contributed by atoms with van der Waals surface area (Å²) in [5.41, 5.74) is 2.99. The second kappa shape index (κ2) is 9.93. The molecule has 0 spiro atoms. The van der Waals surface area contributed by atoms with E-state index < -0.39 is 21.9 Å². The molecule has 1 amide bonds. The van der Waals surface area contributed by atoms with Crippen molar-refractivity contribution in [2.75, 3.05) is 26.7 Å². The van der Waals surface area contributed by atoms with E-state index in [9.17, 15) is 18.0 Å². The van der Waals surface area contributed by atoms with Crippen molar-refractivity contribution in [2.45, 2.75) is 38.1 Å². The third kappa shape index (κ3) is 5.72. The fourth-order valence-corrected chi connectivity index (χ4v) is 5.68. The molecule has 31 heavy (non-hydrogen) atoms. The summed E-state index contributed by atoms with van der Waals surface area (Å²) in [6.45, 7) is 4.49. The Balaban J connectivity index is 1.49. The van der Waals surface area contributed by atoms with Gasteiger partial charge in [0.15, 0.2) is 6.61 Å². The van der Waals surface area contributed by atoms with Gasteiger partial charge in [0, 0.05) is 26.7 Å². The Morgan fingerprint density at radius 3 is 2.48 bits per heavy atom. The number of sulfonamides is 1. The maximum Gasteiger partial charge on any atom is 0.309 e. The highest BCUT2D eigenvalue weighted by Gasteiger charge is 2.33. The average molecular weight is 465 g/mol. The van der Waals surface area contributed by atoms with E-state index in [4.69, 9.17) is 4.74 Å². The van der Waals surface area contributed by atoms with Crippen LogP contribution in [0.5, 0.6) is 0 Å². The number of hydrogen-bond acceptors (Lipinski definition) is 6. The van der Waals surface area contributed by atoms with E-state index in [1.165, 1.54) is 9.21 Å². The summed E-state index contributed by atoms with van der Waals surface area (Å²) in [4.78, 5) is 26.4. The minimum Gasteiger partial charge on any atom is -0.455 e. The van der Waals surface area contributed by atoms with Crippen molar-refractivity contribution in [3.05, 3.63) is 51.7 Å². The number of carbonyl (C=O) groups is 2. The summed E-state index contributed by atoms with van der Waals surface area (Å²) < 4.78 is 32.5. The van der Waals surface area contributed by atoms with Crippen molar-refractivity contribution in [3.8, 4) is 0 Å². The van der Waals surface area contributed by atoms with Crippen molar-refractivity contribution in [2.24, 2.45) is 5.92 Å². The fraction of sp³-hybridized carbons (Fsp3) is 0.455. The monoisotopic (exact) mass is 464 g/mol. The molecule has 1 aromatic carbocycles. The van der Waals surface area contributed by atoms with Crippen molar-refractivity contribution < 1.29 is 22.7 Å². The van der Waals surface area contributed by atoms with Gasteiger partial charge >= 0.3 is 5.97 Å². The molecule has 2 aromatic rings. The SMILES string of the molecule is Cc1ccc(S(=O)(=O)N2CCC(C(=O)OCC(=O)N(C)Cc3ccsc3)CC2)cc1C. The van der Waals surface area contributed by atoms with Crippen LogP contribution < -0.4 is 0 Å². The zero-order chi connectivity index (χ0) is 22.6. The fourth-order valence-electron chi connectivity index (χ4n) is 3.46. The number of rotatable bonds is 7. The third-order valence-electron chi connectivity index (χ3n) is 5.67. The smallest absolute Gasteiger partial charge is 0.309 e. The summed E-state index contributed by atoms with van der Waals surface area (Å²) in [5.74, 6) is -1.11. The summed E-state index contributed by atoms with van der Waals surface area (Å²) in [6.07, 6.45) is 0.754. The minimum atomic E-state index is -3.59. The molecule has 0 radical (unpaired) electrons. The van der Waals surface area contributed by atoms with Crippen molar-refractivity contribution in [1.29, 1.82) is 0 Å². The van der Waals surface area contributed by atoms with E-state index in [0.29, 0.717) is 19.4 Å². The van der Waals surface area contributed by atoms with Crippen LogP contribution in [0.25, 0.3) is 0 Å². The number of ether oxygens (including phenoxy) is 1. The first-order chi connectivity index (χ1) is 14.7. The second-order valence-electron chi connectivity index (χ2n) is 7.91. The number of nitrogens with zero attached hydrogens (tertiary/aromatic N) is 2. The van der Waals surface area contributed by atoms with Crippen LogP contribution in [-0.4, -0.2) is 56.2 Å². The molecule has 7 nitrogen and oxygen atoms in total. The Kier molecular flexibility index (Phi) is 7.51. The van der Waals surface area contributed by atoms with E-state index in [0.717, 1.165) is 16.7 Å². The summed E-state index contributed by atoms with van der Waals surface area (Å²) in [5, 5.41) is 3.91. The second-order valence-corrected chi connectivity index (χ2v) is 10.6. The van der Waals surface area contributed by atoms with Crippen molar-refractivity contribution in [3.63, 3.8) is 0 Å². The summed E-state index contributed by atoms with van der Waals surface area (Å²) >= 11 is 1.56. The summed E-state index contributed by atoms with van der Waals surface area (Å²) in [7, 11) is -1.92. The standard InChI is InChI=1S/C22H28N2O5S2/c1-16-4-5-20(12-17(16)2)31(27,28)24-9-6-19(7-10-24)22(26)29-14-21(25)23(3)13-18-8-11-30-15-18/h4-5,8,11-12,15,19H,6-7,9-10,13-14H2,1-3H3. The number of amides is 1. The molecule has 0 unspecified atom stereocenters. The number of benzene rings is 1. The minimum absolute atomic E-state index is 0.251. The lowest BCUT2D eigenvalue weighted by molar-refractivity contribution is -0.156. The Morgan fingerprint density at radius 1 is 1.16 bits per heavy atom.